The van der Waals surface area contributed by atoms with Crippen LogP contribution < -0.4 is 0 Å². The van der Waals surface area contributed by atoms with Gasteiger partial charge in [0.2, 0.25) is 0 Å². The number of ether oxygens (including phenoxy) is 1. The fourth-order valence-electron chi connectivity index (χ4n) is 3.82. The first kappa shape index (κ1) is 21.3. The van der Waals surface area contributed by atoms with Gasteiger partial charge in [-0.3, -0.25) is 0 Å². The first-order valence-corrected chi connectivity index (χ1v) is 10.3. The number of likely N-dealkylation sites (N-methyl/N-ethyl adjacent to an activating group) is 1. The first-order valence-electron chi connectivity index (χ1n) is 10.3. The molecule has 3 rings (SSSR count). The third-order valence-electron chi connectivity index (χ3n) is 4.88. The van der Waals surface area contributed by atoms with E-state index in [0.717, 1.165) is 23.4 Å². The molecular formula is C25H33N3O. The summed E-state index contributed by atoms with van der Waals surface area (Å²) in [5, 5.41) is 4.79. The van der Waals surface area contributed by atoms with Crippen molar-refractivity contribution in [3.8, 4) is 5.69 Å². The molecule has 2 unspecified atom stereocenters. The van der Waals surface area contributed by atoms with Crippen molar-refractivity contribution in [3.63, 3.8) is 0 Å². The average molecular weight is 392 g/mol. The number of benzene rings is 2. The van der Waals surface area contributed by atoms with Crippen molar-refractivity contribution in [2.24, 2.45) is 0 Å². The van der Waals surface area contributed by atoms with Gasteiger partial charge >= 0.3 is 0 Å². The predicted molar refractivity (Wildman–Crippen MR) is 120 cm³/mol. The minimum absolute atomic E-state index is 0.0862. The Hall–Kier alpha value is -2.43. The fourth-order valence-corrected chi connectivity index (χ4v) is 3.82. The summed E-state index contributed by atoms with van der Waals surface area (Å²) in [7, 11) is 4.15. The van der Waals surface area contributed by atoms with Crippen molar-refractivity contribution in [2.45, 2.75) is 45.3 Å². The molecule has 0 aliphatic rings. The Morgan fingerprint density at radius 2 is 1.55 bits per heavy atom. The van der Waals surface area contributed by atoms with Crippen molar-refractivity contribution in [2.75, 3.05) is 20.6 Å². The van der Waals surface area contributed by atoms with Crippen LogP contribution >= 0.6 is 0 Å². The number of hydrogen-bond acceptors (Lipinski definition) is 3. The second-order valence-electron chi connectivity index (χ2n) is 8.95. The number of rotatable bonds is 7. The highest BCUT2D eigenvalue weighted by Crippen LogP contribution is 2.36. The van der Waals surface area contributed by atoms with Gasteiger partial charge in [0, 0.05) is 17.5 Å². The normalized spacial score (nSPS) is 14.2. The number of para-hydroxylation sites is 1. The maximum absolute atomic E-state index is 6.62. The molecule has 4 nitrogen and oxygen atoms in total. The minimum Gasteiger partial charge on any atom is -0.364 e. The van der Waals surface area contributed by atoms with E-state index in [9.17, 15) is 0 Å². The molecule has 1 heterocycles. The van der Waals surface area contributed by atoms with Crippen molar-refractivity contribution in [3.05, 3.63) is 83.7 Å². The van der Waals surface area contributed by atoms with Crippen LogP contribution in [0.1, 0.15) is 50.6 Å². The topological polar surface area (TPSA) is 30.3 Å². The molecule has 0 fully saturated rings. The maximum Gasteiger partial charge on any atom is 0.111 e. The Balaban J connectivity index is 2.11. The quantitative estimate of drug-likeness (QED) is 0.553. The van der Waals surface area contributed by atoms with Crippen molar-refractivity contribution in [1.29, 1.82) is 0 Å². The molecule has 0 radical (unpaired) electrons. The van der Waals surface area contributed by atoms with Crippen molar-refractivity contribution in [1.82, 2.24) is 14.7 Å². The molecule has 0 N–H and O–H groups in total. The van der Waals surface area contributed by atoms with E-state index in [1.807, 2.05) is 30.5 Å². The van der Waals surface area contributed by atoms with Gasteiger partial charge in [-0.05, 0) is 38.7 Å². The zero-order valence-corrected chi connectivity index (χ0v) is 18.5. The van der Waals surface area contributed by atoms with Crippen LogP contribution in [-0.4, -0.2) is 41.4 Å². The summed E-state index contributed by atoms with van der Waals surface area (Å²) in [5.41, 5.74) is 4.42. The molecule has 2 atom stereocenters. The van der Waals surface area contributed by atoms with E-state index in [1.165, 1.54) is 5.69 Å². The number of hydrogen-bond donors (Lipinski definition) is 0. The van der Waals surface area contributed by atoms with E-state index in [4.69, 9.17) is 9.84 Å². The van der Waals surface area contributed by atoms with Gasteiger partial charge in [0.25, 0.3) is 0 Å². The van der Waals surface area contributed by atoms with Crippen LogP contribution in [0.3, 0.4) is 0 Å². The standard InChI is InChI=1S/C25H33N3O/c1-19(18-27(5)6)29-23(20-13-9-7-10-14-20)22-17-26-28(24(22)25(2,3)4)21-15-11-8-12-16-21/h7-17,19,23H,18H2,1-6H3. The fraction of sp³-hybridized carbons (Fsp3) is 0.400. The van der Waals surface area contributed by atoms with E-state index in [0.29, 0.717) is 0 Å². The largest absolute Gasteiger partial charge is 0.364 e. The lowest BCUT2D eigenvalue weighted by Gasteiger charge is -2.29. The Morgan fingerprint density at radius 3 is 2.10 bits per heavy atom. The average Bonchev–Trinajstić information content (AvgIpc) is 3.12. The second kappa shape index (κ2) is 8.93. The lowest BCUT2D eigenvalue weighted by molar-refractivity contribution is 0.00537. The first-order chi connectivity index (χ1) is 13.8. The lowest BCUT2D eigenvalue weighted by atomic mass is 9.86. The Labute approximate surface area is 175 Å². The molecule has 0 saturated heterocycles. The lowest BCUT2D eigenvalue weighted by Crippen LogP contribution is -2.28. The van der Waals surface area contributed by atoms with Crippen LogP contribution in [0.15, 0.2) is 66.9 Å². The van der Waals surface area contributed by atoms with Gasteiger partial charge in [-0.25, -0.2) is 4.68 Å². The van der Waals surface area contributed by atoms with E-state index in [2.05, 4.69) is 87.8 Å². The van der Waals surface area contributed by atoms with Crippen molar-refractivity contribution >= 4 is 0 Å². The van der Waals surface area contributed by atoms with Crippen LogP contribution in [0.2, 0.25) is 0 Å². The predicted octanol–water partition coefficient (Wildman–Crippen LogP) is 5.23. The smallest absolute Gasteiger partial charge is 0.111 e. The summed E-state index contributed by atoms with van der Waals surface area (Å²) in [5.74, 6) is 0. The molecule has 0 saturated carbocycles. The third kappa shape index (κ3) is 5.14. The molecule has 1 aromatic heterocycles. The minimum atomic E-state index is -0.169. The molecule has 3 aromatic rings. The molecule has 0 spiro atoms. The van der Waals surface area contributed by atoms with E-state index < -0.39 is 0 Å². The highest BCUT2D eigenvalue weighted by Gasteiger charge is 2.31. The van der Waals surface area contributed by atoms with Crippen molar-refractivity contribution < 1.29 is 4.74 Å². The summed E-state index contributed by atoms with van der Waals surface area (Å²) >= 11 is 0. The van der Waals surface area contributed by atoms with Gasteiger partial charge in [0.1, 0.15) is 6.10 Å². The molecule has 0 aliphatic carbocycles. The van der Waals surface area contributed by atoms with Crippen LogP contribution in [0.25, 0.3) is 5.69 Å². The molecule has 29 heavy (non-hydrogen) atoms. The third-order valence-corrected chi connectivity index (χ3v) is 4.88. The van der Waals surface area contributed by atoms with Gasteiger partial charge in [-0.2, -0.15) is 5.10 Å². The Bertz CT molecular complexity index is 895. The molecule has 0 amide bonds. The number of aromatic nitrogens is 2. The van der Waals surface area contributed by atoms with E-state index >= 15 is 0 Å². The van der Waals surface area contributed by atoms with Crippen LogP contribution in [0.4, 0.5) is 0 Å². The summed E-state index contributed by atoms with van der Waals surface area (Å²) in [6.45, 7) is 9.70. The zero-order chi connectivity index (χ0) is 21.0. The van der Waals surface area contributed by atoms with Gasteiger partial charge < -0.3 is 9.64 Å². The molecule has 0 bridgehead atoms. The molecule has 154 valence electrons. The Morgan fingerprint density at radius 1 is 0.966 bits per heavy atom. The summed E-state index contributed by atoms with van der Waals surface area (Å²) in [4.78, 5) is 2.16. The van der Waals surface area contributed by atoms with E-state index in [-0.39, 0.29) is 17.6 Å². The van der Waals surface area contributed by atoms with Gasteiger partial charge in [-0.1, -0.05) is 69.3 Å². The van der Waals surface area contributed by atoms with Gasteiger partial charge in [0.15, 0.2) is 0 Å². The second-order valence-corrected chi connectivity index (χ2v) is 8.95. The zero-order valence-electron chi connectivity index (χ0n) is 18.5. The SMILES string of the molecule is CC(CN(C)C)OC(c1ccccc1)c1cnn(-c2ccccc2)c1C(C)(C)C. The van der Waals surface area contributed by atoms with Crippen LogP contribution in [-0.2, 0) is 10.2 Å². The summed E-state index contributed by atoms with van der Waals surface area (Å²) < 4.78 is 8.68. The molecule has 2 aromatic carbocycles. The van der Waals surface area contributed by atoms with Crippen LogP contribution in [0.5, 0.6) is 0 Å². The molecule has 0 aliphatic heterocycles. The van der Waals surface area contributed by atoms with Gasteiger partial charge in [-0.15, -0.1) is 0 Å². The van der Waals surface area contributed by atoms with Crippen LogP contribution in [0, 0.1) is 0 Å². The summed E-state index contributed by atoms with van der Waals surface area (Å²) in [6, 6.07) is 20.8. The summed E-state index contributed by atoms with van der Waals surface area (Å²) in [6.07, 6.45) is 1.90. The Kier molecular flexibility index (Phi) is 6.56. The molecule has 4 heteroatoms. The monoisotopic (exact) mass is 391 g/mol. The highest BCUT2D eigenvalue weighted by molar-refractivity contribution is 5.41. The number of nitrogens with zero attached hydrogens (tertiary/aromatic N) is 3. The van der Waals surface area contributed by atoms with E-state index in [1.54, 1.807) is 0 Å². The maximum atomic E-state index is 6.62. The molecular weight excluding hydrogens is 358 g/mol. The van der Waals surface area contributed by atoms with Gasteiger partial charge in [0.05, 0.1) is 23.7 Å². The highest BCUT2D eigenvalue weighted by atomic mass is 16.5.